The molecular formula is C14H17F2N. The van der Waals surface area contributed by atoms with Crippen molar-refractivity contribution in [3.05, 3.63) is 35.4 Å². The summed E-state index contributed by atoms with van der Waals surface area (Å²) in [4.78, 5) is 0. The summed E-state index contributed by atoms with van der Waals surface area (Å²) in [6.45, 7) is 0. The summed E-state index contributed by atoms with van der Waals surface area (Å²) in [5.74, 6) is -1.06. The van der Waals surface area contributed by atoms with E-state index in [4.69, 9.17) is 5.73 Å². The van der Waals surface area contributed by atoms with E-state index in [1.807, 2.05) is 0 Å². The molecule has 2 N–H and O–H groups in total. The predicted octanol–water partition coefficient (Wildman–Crippen LogP) is 3.47. The van der Waals surface area contributed by atoms with Crippen molar-refractivity contribution in [3.8, 4) is 0 Å². The average Bonchev–Trinajstić information content (AvgIpc) is 2.64. The lowest BCUT2D eigenvalue weighted by atomic mass is 9.54. The highest BCUT2D eigenvalue weighted by atomic mass is 19.1. The van der Waals surface area contributed by atoms with Crippen LogP contribution in [0.5, 0.6) is 0 Å². The number of halogens is 2. The number of nitrogens with two attached hydrogens (primary N) is 1. The molecular weight excluding hydrogens is 220 g/mol. The molecule has 2 fully saturated rings. The molecule has 2 saturated carbocycles. The average molecular weight is 237 g/mol. The van der Waals surface area contributed by atoms with Crippen molar-refractivity contribution < 1.29 is 8.78 Å². The summed E-state index contributed by atoms with van der Waals surface area (Å²) in [5.41, 5.74) is 6.77. The zero-order valence-corrected chi connectivity index (χ0v) is 9.81. The Kier molecular flexibility index (Phi) is 2.31. The Hall–Kier alpha value is -0.960. The standard InChI is InChI=1S/C14H17F2N/c15-11-5-10(6-12(16)7-11)14(17)8-13(9-14)3-1-2-4-13/h5-7H,1-4,8-9,17H2. The highest BCUT2D eigenvalue weighted by molar-refractivity contribution is 5.30. The summed E-state index contributed by atoms with van der Waals surface area (Å²) in [6.07, 6.45) is 6.75. The van der Waals surface area contributed by atoms with Gasteiger partial charge in [0.15, 0.2) is 0 Å². The van der Waals surface area contributed by atoms with Gasteiger partial charge in [0.25, 0.3) is 0 Å². The smallest absolute Gasteiger partial charge is 0.126 e. The SMILES string of the molecule is NC1(c2cc(F)cc(F)c2)CC2(CCCC2)C1. The molecule has 1 nitrogen and oxygen atoms in total. The van der Waals surface area contributed by atoms with Crippen molar-refractivity contribution in [2.24, 2.45) is 11.1 Å². The fourth-order valence-electron chi connectivity index (χ4n) is 3.81. The van der Waals surface area contributed by atoms with Gasteiger partial charge in [-0.1, -0.05) is 12.8 Å². The van der Waals surface area contributed by atoms with Gasteiger partial charge in [0.05, 0.1) is 0 Å². The second kappa shape index (κ2) is 3.52. The van der Waals surface area contributed by atoms with Gasteiger partial charge in [0, 0.05) is 11.6 Å². The molecule has 17 heavy (non-hydrogen) atoms. The van der Waals surface area contributed by atoms with Crippen molar-refractivity contribution >= 4 is 0 Å². The Balaban J connectivity index is 1.85. The van der Waals surface area contributed by atoms with Gasteiger partial charge in [-0.25, -0.2) is 8.78 Å². The van der Waals surface area contributed by atoms with Crippen molar-refractivity contribution in [2.45, 2.75) is 44.1 Å². The maximum Gasteiger partial charge on any atom is 0.126 e. The highest BCUT2D eigenvalue weighted by Crippen LogP contribution is 2.60. The summed E-state index contributed by atoms with van der Waals surface area (Å²) >= 11 is 0. The van der Waals surface area contributed by atoms with Gasteiger partial charge in [-0.3, -0.25) is 0 Å². The van der Waals surface area contributed by atoms with Crippen LogP contribution in [0.3, 0.4) is 0 Å². The van der Waals surface area contributed by atoms with Crippen molar-refractivity contribution in [1.82, 2.24) is 0 Å². The van der Waals surface area contributed by atoms with Gasteiger partial charge >= 0.3 is 0 Å². The molecule has 0 heterocycles. The maximum absolute atomic E-state index is 13.2. The minimum atomic E-state index is -0.530. The van der Waals surface area contributed by atoms with Crippen LogP contribution in [0.2, 0.25) is 0 Å². The molecule has 0 unspecified atom stereocenters. The van der Waals surface area contributed by atoms with Crippen LogP contribution in [-0.4, -0.2) is 0 Å². The molecule has 0 amide bonds. The Labute approximate surface area is 100 Å². The largest absolute Gasteiger partial charge is 0.321 e. The lowest BCUT2D eigenvalue weighted by Crippen LogP contribution is -2.54. The van der Waals surface area contributed by atoms with Crippen LogP contribution in [0.1, 0.15) is 44.1 Å². The number of hydrogen-bond acceptors (Lipinski definition) is 1. The van der Waals surface area contributed by atoms with Crippen LogP contribution in [0.25, 0.3) is 0 Å². The third-order valence-electron chi connectivity index (χ3n) is 4.48. The van der Waals surface area contributed by atoms with E-state index in [1.165, 1.54) is 37.8 Å². The normalized spacial score (nSPS) is 24.9. The van der Waals surface area contributed by atoms with Crippen molar-refractivity contribution in [3.63, 3.8) is 0 Å². The number of hydrogen-bond donors (Lipinski definition) is 1. The van der Waals surface area contributed by atoms with Gasteiger partial charge in [0.2, 0.25) is 0 Å². The summed E-state index contributed by atoms with van der Waals surface area (Å²) in [7, 11) is 0. The molecule has 1 spiro atoms. The van der Waals surface area contributed by atoms with Gasteiger partial charge in [-0.2, -0.15) is 0 Å². The summed E-state index contributed by atoms with van der Waals surface area (Å²) < 4.78 is 26.4. The molecule has 0 atom stereocenters. The summed E-state index contributed by atoms with van der Waals surface area (Å²) in [5, 5.41) is 0. The third kappa shape index (κ3) is 1.77. The van der Waals surface area contributed by atoms with Gasteiger partial charge in [-0.15, -0.1) is 0 Å². The predicted molar refractivity (Wildman–Crippen MR) is 62.4 cm³/mol. The first kappa shape index (κ1) is 11.1. The second-order valence-corrected chi connectivity index (χ2v) is 5.87. The first-order valence-corrected chi connectivity index (χ1v) is 6.27. The second-order valence-electron chi connectivity index (χ2n) is 5.87. The Bertz CT molecular complexity index is 421. The van der Waals surface area contributed by atoms with Crippen LogP contribution in [0.15, 0.2) is 18.2 Å². The molecule has 2 aliphatic rings. The molecule has 1 aromatic rings. The van der Waals surface area contributed by atoms with Crippen molar-refractivity contribution in [1.29, 1.82) is 0 Å². The fraction of sp³-hybridized carbons (Fsp3) is 0.571. The quantitative estimate of drug-likeness (QED) is 0.795. The van der Waals surface area contributed by atoms with E-state index < -0.39 is 17.2 Å². The van der Waals surface area contributed by atoms with Gasteiger partial charge in [0.1, 0.15) is 11.6 Å². The van der Waals surface area contributed by atoms with Crippen LogP contribution < -0.4 is 5.73 Å². The lowest BCUT2D eigenvalue weighted by molar-refractivity contribution is 0.0308. The van der Waals surface area contributed by atoms with E-state index in [-0.39, 0.29) is 0 Å². The van der Waals surface area contributed by atoms with E-state index in [1.54, 1.807) is 0 Å². The van der Waals surface area contributed by atoms with Gasteiger partial charge in [-0.05, 0) is 48.8 Å². The molecule has 0 radical (unpaired) electrons. The number of rotatable bonds is 1. The Morgan fingerprint density at radius 2 is 1.47 bits per heavy atom. The Morgan fingerprint density at radius 1 is 0.941 bits per heavy atom. The van der Waals surface area contributed by atoms with Crippen LogP contribution in [-0.2, 0) is 5.54 Å². The zero-order valence-electron chi connectivity index (χ0n) is 9.81. The monoisotopic (exact) mass is 237 g/mol. The minimum absolute atomic E-state index is 0.373. The molecule has 0 aliphatic heterocycles. The topological polar surface area (TPSA) is 26.0 Å². The van der Waals surface area contributed by atoms with E-state index in [9.17, 15) is 8.78 Å². The van der Waals surface area contributed by atoms with Gasteiger partial charge < -0.3 is 5.73 Å². The van der Waals surface area contributed by atoms with E-state index >= 15 is 0 Å². The molecule has 2 aliphatic carbocycles. The molecule has 0 saturated heterocycles. The number of benzene rings is 1. The molecule has 1 aromatic carbocycles. The fourth-order valence-corrected chi connectivity index (χ4v) is 3.81. The molecule has 3 heteroatoms. The maximum atomic E-state index is 13.2. The lowest BCUT2D eigenvalue weighted by Gasteiger charge is -2.53. The Morgan fingerprint density at radius 3 is 2.00 bits per heavy atom. The zero-order chi connectivity index (χ0) is 12.1. The third-order valence-corrected chi connectivity index (χ3v) is 4.48. The summed E-state index contributed by atoms with van der Waals surface area (Å²) in [6, 6.07) is 3.66. The molecule has 3 rings (SSSR count). The minimum Gasteiger partial charge on any atom is -0.321 e. The highest BCUT2D eigenvalue weighted by Gasteiger charge is 2.53. The van der Waals surface area contributed by atoms with E-state index in [2.05, 4.69) is 0 Å². The van der Waals surface area contributed by atoms with E-state index in [0.29, 0.717) is 11.0 Å². The first-order chi connectivity index (χ1) is 8.01. The van der Waals surface area contributed by atoms with Crippen LogP contribution >= 0.6 is 0 Å². The first-order valence-electron chi connectivity index (χ1n) is 6.27. The van der Waals surface area contributed by atoms with Crippen LogP contribution in [0, 0.1) is 17.0 Å². The van der Waals surface area contributed by atoms with E-state index in [0.717, 1.165) is 18.9 Å². The van der Waals surface area contributed by atoms with Crippen molar-refractivity contribution in [2.75, 3.05) is 0 Å². The molecule has 0 bridgehead atoms. The molecule has 92 valence electrons. The molecule has 0 aromatic heterocycles. The van der Waals surface area contributed by atoms with Crippen LogP contribution in [0.4, 0.5) is 8.78 Å².